The number of hydrogen-bond donors (Lipinski definition) is 0. The standard InChI is InChI=1S/C20H17N3O/c1-15-7-5-6-10-17(15)23-14-21-20-18(23)11-12-19(22-20)24-13-16-8-3-2-4-9-16/h2-12,14H,13H2,1H3. The normalized spacial score (nSPS) is 10.9. The molecule has 2 heterocycles. The molecule has 0 unspecified atom stereocenters. The summed E-state index contributed by atoms with van der Waals surface area (Å²) in [5.41, 5.74) is 5.07. The van der Waals surface area contributed by atoms with Gasteiger partial charge in [0, 0.05) is 6.07 Å². The molecule has 2 aromatic carbocycles. The lowest BCUT2D eigenvalue weighted by molar-refractivity contribution is 0.295. The Balaban J connectivity index is 1.62. The monoisotopic (exact) mass is 315 g/mol. The van der Waals surface area contributed by atoms with E-state index in [1.165, 1.54) is 5.56 Å². The highest BCUT2D eigenvalue weighted by Crippen LogP contribution is 2.22. The van der Waals surface area contributed by atoms with Gasteiger partial charge in [-0.15, -0.1) is 0 Å². The number of benzene rings is 2. The zero-order valence-corrected chi connectivity index (χ0v) is 13.4. The van der Waals surface area contributed by atoms with Crippen molar-refractivity contribution in [3.63, 3.8) is 0 Å². The quantitative estimate of drug-likeness (QED) is 0.563. The van der Waals surface area contributed by atoms with Crippen LogP contribution in [0.3, 0.4) is 0 Å². The number of para-hydroxylation sites is 1. The fourth-order valence-corrected chi connectivity index (χ4v) is 2.72. The molecule has 4 aromatic rings. The first-order valence-electron chi connectivity index (χ1n) is 7.88. The maximum absolute atomic E-state index is 5.78. The third kappa shape index (κ3) is 2.74. The van der Waals surface area contributed by atoms with E-state index in [1.54, 1.807) is 6.33 Å². The summed E-state index contributed by atoms with van der Waals surface area (Å²) in [5.74, 6) is 0.585. The number of hydrogen-bond acceptors (Lipinski definition) is 3. The predicted molar refractivity (Wildman–Crippen MR) is 94.4 cm³/mol. The highest BCUT2D eigenvalue weighted by atomic mass is 16.5. The smallest absolute Gasteiger partial charge is 0.215 e. The van der Waals surface area contributed by atoms with Crippen molar-refractivity contribution < 1.29 is 4.74 Å². The molecule has 0 radical (unpaired) electrons. The Labute approximate surface area is 140 Å². The number of aromatic nitrogens is 3. The van der Waals surface area contributed by atoms with Crippen LogP contribution in [-0.2, 0) is 6.61 Å². The lowest BCUT2D eigenvalue weighted by atomic mass is 10.2. The van der Waals surface area contributed by atoms with E-state index < -0.39 is 0 Å². The molecule has 4 heteroatoms. The summed E-state index contributed by atoms with van der Waals surface area (Å²) >= 11 is 0. The van der Waals surface area contributed by atoms with Crippen molar-refractivity contribution >= 4 is 11.2 Å². The molecule has 0 aliphatic heterocycles. The van der Waals surface area contributed by atoms with E-state index in [1.807, 2.05) is 54.6 Å². The fraction of sp³-hybridized carbons (Fsp3) is 0.100. The van der Waals surface area contributed by atoms with Crippen molar-refractivity contribution in [2.45, 2.75) is 13.5 Å². The Morgan fingerprint density at radius 1 is 0.917 bits per heavy atom. The van der Waals surface area contributed by atoms with Crippen LogP contribution in [0.25, 0.3) is 16.9 Å². The van der Waals surface area contributed by atoms with E-state index in [-0.39, 0.29) is 0 Å². The zero-order chi connectivity index (χ0) is 16.4. The largest absolute Gasteiger partial charge is 0.473 e. The van der Waals surface area contributed by atoms with Crippen LogP contribution in [0, 0.1) is 6.92 Å². The Kier molecular flexibility index (Phi) is 3.71. The first kappa shape index (κ1) is 14.5. The van der Waals surface area contributed by atoms with Crippen molar-refractivity contribution in [2.24, 2.45) is 0 Å². The predicted octanol–water partition coefficient (Wildman–Crippen LogP) is 4.31. The van der Waals surface area contributed by atoms with E-state index >= 15 is 0 Å². The van der Waals surface area contributed by atoms with E-state index in [0.717, 1.165) is 16.8 Å². The molecule has 2 aromatic heterocycles. The Bertz CT molecular complexity index is 977. The molecular formula is C20H17N3O. The van der Waals surface area contributed by atoms with Crippen LogP contribution < -0.4 is 4.74 Å². The summed E-state index contributed by atoms with van der Waals surface area (Å²) in [6.45, 7) is 2.59. The summed E-state index contributed by atoms with van der Waals surface area (Å²) in [7, 11) is 0. The molecule has 118 valence electrons. The Hall–Kier alpha value is -3.14. The lowest BCUT2D eigenvalue weighted by Crippen LogP contribution is -1.98. The Morgan fingerprint density at radius 2 is 1.71 bits per heavy atom. The summed E-state index contributed by atoms with van der Waals surface area (Å²) in [4.78, 5) is 8.94. The van der Waals surface area contributed by atoms with Crippen LogP contribution in [0.15, 0.2) is 73.1 Å². The number of aryl methyl sites for hydroxylation is 1. The van der Waals surface area contributed by atoms with Gasteiger partial charge in [-0.2, -0.15) is 4.98 Å². The number of ether oxygens (including phenoxy) is 1. The van der Waals surface area contributed by atoms with Crippen LogP contribution in [0.5, 0.6) is 5.88 Å². The lowest BCUT2D eigenvalue weighted by Gasteiger charge is -2.08. The van der Waals surface area contributed by atoms with Gasteiger partial charge in [-0.1, -0.05) is 48.5 Å². The van der Waals surface area contributed by atoms with Gasteiger partial charge >= 0.3 is 0 Å². The molecular weight excluding hydrogens is 298 g/mol. The topological polar surface area (TPSA) is 39.9 Å². The third-order valence-electron chi connectivity index (χ3n) is 3.99. The number of nitrogens with zero attached hydrogens (tertiary/aromatic N) is 3. The minimum atomic E-state index is 0.498. The molecule has 0 spiro atoms. The molecule has 0 aliphatic carbocycles. The first-order chi connectivity index (χ1) is 11.8. The van der Waals surface area contributed by atoms with Gasteiger partial charge in [0.25, 0.3) is 0 Å². The molecule has 0 saturated heterocycles. The maximum atomic E-state index is 5.78. The van der Waals surface area contributed by atoms with Crippen molar-refractivity contribution in [1.29, 1.82) is 0 Å². The van der Waals surface area contributed by atoms with Gasteiger partial charge in [-0.3, -0.25) is 4.57 Å². The molecule has 0 fully saturated rings. The van der Waals surface area contributed by atoms with E-state index in [2.05, 4.69) is 33.6 Å². The van der Waals surface area contributed by atoms with Crippen LogP contribution in [-0.4, -0.2) is 14.5 Å². The van der Waals surface area contributed by atoms with Gasteiger partial charge < -0.3 is 4.74 Å². The van der Waals surface area contributed by atoms with Gasteiger partial charge in [0.15, 0.2) is 5.65 Å². The molecule has 0 amide bonds. The summed E-state index contributed by atoms with van der Waals surface area (Å²) in [6, 6.07) is 22.2. The van der Waals surface area contributed by atoms with Crippen molar-refractivity contribution in [1.82, 2.24) is 14.5 Å². The van der Waals surface area contributed by atoms with Crippen LogP contribution >= 0.6 is 0 Å². The molecule has 4 nitrogen and oxygen atoms in total. The second-order valence-electron chi connectivity index (χ2n) is 5.67. The van der Waals surface area contributed by atoms with Gasteiger partial charge in [0.1, 0.15) is 12.9 Å². The molecule has 24 heavy (non-hydrogen) atoms. The molecule has 0 N–H and O–H groups in total. The molecule has 0 aliphatic rings. The maximum Gasteiger partial charge on any atom is 0.215 e. The zero-order valence-electron chi connectivity index (χ0n) is 13.4. The van der Waals surface area contributed by atoms with Crippen molar-refractivity contribution in [2.75, 3.05) is 0 Å². The number of fused-ring (bicyclic) bond motifs is 1. The van der Waals surface area contributed by atoms with Crippen molar-refractivity contribution in [3.05, 3.63) is 84.2 Å². The second-order valence-corrected chi connectivity index (χ2v) is 5.67. The molecule has 0 bridgehead atoms. The van der Waals surface area contributed by atoms with Crippen molar-refractivity contribution in [3.8, 4) is 11.6 Å². The van der Waals surface area contributed by atoms with Crippen LogP contribution in [0.1, 0.15) is 11.1 Å². The van der Waals surface area contributed by atoms with E-state index in [0.29, 0.717) is 18.1 Å². The fourth-order valence-electron chi connectivity index (χ4n) is 2.72. The second kappa shape index (κ2) is 6.16. The number of imidazole rings is 1. The van der Waals surface area contributed by atoms with Gasteiger partial charge in [-0.05, 0) is 30.2 Å². The summed E-state index contributed by atoms with van der Waals surface area (Å²) in [6.07, 6.45) is 1.81. The SMILES string of the molecule is Cc1ccccc1-n1cnc2nc(OCc3ccccc3)ccc21. The van der Waals surface area contributed by atoms with E-state index in [4.69, 9.17) is 4.74 Å². The number of pyridine rings is 1. The molecule has 0 atom stereocenters. The average molecular weight is 315 g/mol. The third-order valence-corrected chi connectivity index (χ3v) is 3.99. The average Bonchev–Trinajstić information content (AvgIpc) is 3.04. The Morgan fingerprint density at radius 3 is 2.54 bits per heavy atom. The summed E-state index contributed by atoms with van der Waals surface area (Å²) < 4.78 is 7.83. The number of rotatable bonds is 4. The van der Waals surface area contributed by atoms with Crippen LogP contribution in [0.4, 0.5) is 0 Å². The summed E-state index contributed by atoms with van der Waals surface area (Å²) in [5, 5.41) is 0. The first-order valence-corrected chi connectivity index (χ1v) is 7.88. The minimum Gasteiger partial charge on any atom is -0.473 e. The van der Waals surface area contributed by atoms with Crippen LogP contribution in [0.2, 0.25) is 0 Å². The van der Waals surface area contributed by atoms with Gasteiger partial charge in [-0.25, -0.2) is 4.98 Å². The van der Waals surface area contributed by atoms with E-state index in [9.17, 15) is 0 Å². The van der Waals surface area contributed by atoms with Gasteiger partial charge in [0.05, 0.1) is 11.2 Å². The van der Waals surface area contributed by atoms with Gasteiger partial charge in [0.2, 0.25) is 5.88 Å². The highest BCUT2D eigenvalue weighted by molar-refractivity contribution is 5.74. The molecule has 0 saturated carbocycles. The minimum absolute atomic E-state index is 0.498. The molecule has 4 rings (SSSR count). The highest BCUT2D eigenvalue weighted by Gasteiger charge is 2.09.